The van der Waals surface area contributed by atoms with E-state index >= 15 is 0 Å². The third kappa shape index (κ3) is 4.39. The summed E-state index contributed by atoms with van der Waals surface area (Å²) in [6, 6.07) is 12.5. The molecular weight excluding hydrogens is 402 g/mol. The highest BCUT2D eigenvalue weighted by Gasteiger charge is 2.35. The second kappa shape index (κ2) is 8.57. The van der Waals surface area contributed by atoms with Crippen molar-refractivity contribution < 1.29 is 18.0 Å². The molecule has 0 spiro atoms. The van der Waals surface area contributed by atoms with Crippen LogP contribution in [0.1, 0.15) is 24.5 Å². The van der Waals surface area contributed by atoms with Crippen LogP contribution < -0.4 is 10.2 Å². The fraction of sp³-hybridized carbons (Fsp3) is 0.364. The summed E-state index contributed by atoms with van der Waals surface area (Å²) in [5, 5.41) is 2.78. The van der Waals surface area contributed by atoms with Crippen molar-refractivity contribution in [2.45, 2.75) is 31.6 Å². The zero-order valence-electron chi connectivity index (χ0n) is 17.7. The molecule has 0 bridgehead atoms. The predicted octanol–water partition coefficient (Wildman–Crippen LogP) is 2.80. The molecule has 0 aromatic heterocycles. The normalized spacial score (nSPS) is 16.9. The molecule has 8 heteroatoms. The smallest absolute Gasteiger partial charge is 0.242 e. The van der Waals surface area contributed by atoms with Crippen molar-refractivity contribution >= 4 is 33.2 Å². The van der Waals surface area contributed by atoms with Gasteiger partial charge in [0.1, 0.15) is 0 Å². The van der Waals surface area contributed by atoms with Crippen molar-refractivity contribution in [3.8, 4) is 0 Å². The third-order valence-electron chi connectivity index (χ3n) is 5.34. The summed E-state index contributed by atoms with van der Waals surface area (Å²) in [5.74, 6) is -0.893. The van der Waals surface area contributed by atoms with Crippen molar-refractivity contribution in [1.29, 1.82) is 0 Å². The number of benzene rings is 2. The first-order valence-electron chi connectivity index (χ1n) is 9.86. The van der Waals surface area contributed by atoms with Crippen LogP contribution in [0.5, 0.6) is 0 Å². The van der Waals surface area contributed by atoms with Crippen molar-refractivity contribution in [2.75, 3.05) is 30.9 Å². The minimum Gasteiger partial charge on any atom is -0.326 e. The molecule has 1 atom stereocenters. The molecule has 0 unspecified atom stereocenters. The number of hydrogen-bond donors (Lipinski definition) is 1. The van der Waals surface area contributed by atoms with Crippen LogP contribution in [0.3, 0.4) is 0 Å². The summed E-state index contributed by atoms with van der Waals surface area (Å²) in [6.45, 7) is 4.06. The highest BCUT2D eigenvalue weighted by atomic mass is 32.2. The van der Waals surface area contributed by atoms with E-state index in [9.17, 15) is 18.0 Å². The highest BCUT2D eigenvalue weighted by molar-refractivity contribution is 7.89. The molecule has 1 aliphatic rings. The molecule has 2 aromatic carbocycles. The van der Waals surface area contributed by atoms with Crippen LogP contribution in [0.4, 0.5) is 11.4 Å². The Morgan fingerprint density at radius 2 is 1.93 bits per heavy atom. The summed E-state index contributed by atoms with van der Waals surface area (Å²) in [7, 11) is -0.696. The maximum Gasteiger partial charge on any atom is 0.242 e. The number of nitrogens with zero attached hydrogens (tertiary/aromatic N) is 2. The van der Waals surface area contributed by atoms with E-state index in [1.165, 1.54) is 20.2 Å². The Balaban J connectivity index is 1.76. The number of carbonyl (C=O) groups excluding carboxylic acids is 2. The van der Waals surface area contributed by atoms with Gasteiger partial charge in [0.15, 0.2) is 0 Å². The Morgan fingerprint density at radius 3 is 2.60 bits per heavy atom. The summed E-state index contributed by atoms with van der Waals surface area (Å²) >= 11 is 0. The van der Waals surface area contributed by atoms with Crippen LogP contribution >= 0.6 is 0 Å². The van der Waals surface area contributed by atoms with E-state index in [2.05, 4.69) is 5.32 Å². The summed E-state index contributed by atoms with van der Waals surface area (Å²) < 4.78 is 26.1. The Labute approximate surface area is 177 Å². The maximum atomic E-state index is 12.8. The molecule has 1 fully saturated rings. The lowest BCUT2D eigenvalue weighted by molar-refractivity contribution is -0.122. The minimum atomic E-state index is -3.63. The molecule has 30 heavy (non-hydrogen) atoms. The first kappa shape index (κ1) is 22.0. The van der Waals surface area contributed by atoms with Crippen molar-refractivity contribution in [3.63, 3.8) is 0 Å². The van der Waals surface area contributed by atoms with Gasteiger partial charge in [-0.15, -0.1) is 0 Å². The van der Waals surface area contributed by atoms with Crippen LogP contribution in [0.25, 0.3) is 0 Å². The number of nitrogens with one attached hydrogen (secondary N) is 1. The van der Waals surface area contributed by atoms with Crippen molar-refractivity contribution in [3.05, 3.63) is 53.6 Å². The van der Waals surface area contributed by atoms with Gasteiger partial charge in [-0.2, -0.15) is 0 Å². The lowest BCUT2D eigenvalue weighted by Gasteiger charge is -2.18. The van der Waals surface area contributed by atoms with Gasteiger partial charge < -0.3 is 10.2 Å². The van der Waals surface area contributed by atoms with E-state index in [0.717, 1.165) is 22.0 Å². The van der Waals surface area contributed by atoms with Crippen LogP contribution in [-0.2, 0) is 26.0 Å². The number of sulfonamides is 1. The maximum absolute atomic E-state index is 12.8. The minimum absolute atomic E-state index is 0.0943. The molecule has 7 nitrogen and oxygen atoms in total. The van der Waals surface area contributed by atoms with Gasteiger partial charge in [0, 0.05) is 38.4 Å². The van der Waals surface area contributed by atoms with Crippen LogP contribution in [0.15, 0.2) is 47.4 Å². The predicted molar refractivity (Wildman–Crippen MR) is 117 cm³/mol. The highest BCUT2D eigenvalue weighted by Crippen LogP contribution is 2.28. The zero-order valence-corrected chi connectivity index (χ0v) is 18.5. The second-order valence-corrected chi connectivity index (χ2v) is 9.81. The third-order valence-corrected chi connectivity index (χ3v) is 7.30. The molecule has 3 rings (SSSR count). The summed E-state index contributed by atoms with van der Waals surface area (Å²) in [4.78, 5) is 27.1. The number of carbonyl (C=O) groups is 2. The van der Waals surface area contributed by atoms with Crippen LogP contribution in [0.2, 0.25) is 0 Å². The SMILES string of the molecule is CCc1cccc(N2C[C@@H](C(=O)Nc3ccc(C)c(S(=O)(=O)N(C)C)c3)CC2=O)c1. The quantitative estimate of drug-likeness (QED) is 0.765. The van der Waals surface area contributed by atoms with Gasteiger partial charge in [0.25, 0.3) is 0 Å². The summed E-state index contributed by atoms with van der Waals surface area (Å²) in [5.41, 5.74) is 2.91. The van der Waals surface area contributed by atoms with E-state index in [4.69, 9.17) is 0 Å². The van der Waals surface area contributed by atoms with Crippen LogP contribution in [0, 0.1) is 12.8 Å². The average molecular weight is 430 g/mol. The zero-order chi connectivity index (χ0) is 22.1. The Morgan fingerprint density at radius 1 is 1.20 bits per heavy atom. The van der Waals surface area contributed by atoms with Crippen molar-refractivity contribution in [2.24, 2.45) is 5.92 Å². The van der Waals surface area contributed by atoms with E-state index < -0.39 is 15.9 Å². The molecule has 1 N–H and O–H groups in total. The molecule has 2 aromatic rings. The molecule has 1 heterocycles. The molecule has 0 radical (unpaired) electrons. The molecular formula is C22H27N3O4S. The van der Waals surface area contributed by atoms with Crippen LogP contribution in [-0.4, -0.2) is 45.2 Å². The molecule has 2 amide bonds. The second-order valence-electron chi connectivity index (χ2n) is 7.69. The van der Waals surface area contributed by atoms with E-state index in [1.807, 2.05) is 31.2 Å². The molecule has 1 saturated heterocycles. The molecule has 0 aliphatic carbocycles. The fourth-order valence-corrected chi connectivity index (χ4v) is 4.62. The number of anilines is 2. The van der Waals surface area contributed by atoms with Gasteiger partial charge in [0.05, 0.1) is 10.8 Å². The number of aryl methyl sites for hydroxylation is 2. The Kier molecular flexibility index (Phi) is 6.28. The number of hydrogen-bond acceptors (Lipinski definition) is 4. The monoisotopic (exact) mass is 429 g/mol. The van der Waals surface area contributed by atoms with Gasteiger partial charge >= 0.3 is 0 Å². The van der Waals surface area contributed by atoms with Gasteiger partial charge in [-0.3, -0.25) is 9.59 Å². The average Bonchev–Trinajstić information content (AvgIpc) is 3.11. The number of rotatable bonds is 6. The number of amides is 2. The lowest BCUT2D eigenvalue weighted by Crippen LogP contribution is -2.28. The van der Waals surface area contributed by atoms with E-state index in [1.54, 1.807) is 24.0 Å². The largest absolute Gasteiger partial charge is 0.326 e. The van der Waals surface area contributed by atoms with Gasteiger partial charge in [-0.25, -0.2) is 12.7 Å². The first-order valence-corrected chi connectivity index (χ1v) is 11.3. The van der Waals surface area contributed by atoms with Gasteiger partial charge in [-0.1, -0.05) is 25.1 Å². The van der Waals surface area contributed by atoms with Gasteiger partial charge in [0.2, 0.25) is 21.8 Å². The molecule has 160 valence electrons. The first-order chi connectivity index (χ1) is 14.1. The molecule has 1 aliphatic heterocycles. The lowest BCUT2D eigenvalue weighted by atomic mass is 10.1. The molecule has 0 saturated carbocycles. The topological polar surface area (TPSA) is 86.8 Å². The van der Waals surface area contributed by atoms with Crippen molar-refractivity contribution in [1.82, 2.24) is 4.31 Å². The van der Waals surface area contributed by atoms with E-state index in [0.29, 0.717) is 17.8 Å². The Hall–Kier alpha value is -2.71. The van der Waals surface area contributed by atoms with E-state index in [-0.39, 0.29) is 23.1 Å². The Bertz CT molecular complexity index is 1080. The fourth-order valence-electron chi connectivity index (χ4n) is 3.47. The van der Waals surface area contributed by atoms with Gasteiger partial charge in [-0.05, 0) is 48.7 Å². The standard InChI is InChI=1S/C22H27N3O4S/c1-5-16-7-6-8-19(11-16)25-14-17(12-21(25)26)22(27)23-18-10-9-15(2)20(13-18)30(28,29)24(3)4/h6-11,13,17H,5,12,14H2,1-4H3,(H,23,27)/t17-/m0/s1. The summed E-state index contributed by atoms with van der Waals surface area (Å²) in [6.07, 6.45) is 0.988.